The number of nitrogens with one attached hydrogen (secondary N) is 2. The van der Waals surface area contributed by atoms with Gasteiger partial charge in [-0.3, -0.25) is 0 Å². The number of aromatic nitrogens is 2. The van der Waals surface area contributed by atoms with Crippen LogP contribution in [0.4, 0.5) is 0 Å². The maximum Gasteiger partial charge on any atom is 0.0826 e. The summed E-state index contributed by atoms with van der Waals surface area (Å²) in [6.07, 6.45) is 0. The highest BCUT2D eigenvalue weighted by atomic mass is 32.1. The van der Waals surface area contributed by atoms with E-state index in [2.05, 4.69) is 41.0 Å². The lowest BCUT2D eigenvalue weighted by molar-refractivity contribution is 0.198. The highest BCUT2D eigenvalue weighted by molar-refractivity contribution is 7.05. The summed E-state index contributed by atoms with van der Waals surface area (Å²) < 4.78 is 9.01. The zero-order valence-corrected chi connectivity index (χ0v) is 12.5. The first-order valence-electron chi connectivity index (χ1n) is 6.39. The molecule has 1 aromatic rings. The van der Waals surface area contributed by atoms with Gasteiger partial charge < -0.3 is 15.4 Å². The molecule has 0 amide bonds. The lowest BCUT2D eigenvalue weighted by Crippen LogP contribution is -2.37. The monoisotopic (exact) mass is 272 g/mol. The maximum absolute atomic E-state index is 4.99. The van der Waals surface area contributed by atoms with Gasteiger partial charge in [0.15, 0.2) is 0 Å². The summed E-state index contributed by atoms with van der Waals surface area (Å²) in [5, 5.41) is 11.0. The quantitative estimate of drug-likeness (QED) is 0.665. The second-order valence-corrected chi connectivity index (χ2v) is 5.55. The molecule has 0 aromatic carbocycles. The standard InChI is InChI=1S/C12H24N4OS/c1-9(2)12-11(18-16-15-12)8-14-10(3)7-13-5-6-17-4/h9-10,13-14H,5-8H2,1-4H3. The zero-order chi connectivity index (χ0) is 13.4. The predicted octanol–water partition coefficient (Wildman–Crippen LogP) is 1.38. The minimum atomic E-state index is 0.420. The zero-order valence-electron chi connectivity index (χ0n) is 11.7. The SMILES string of the molecule is COCCNCC(C)NCc1snnc1C(C)C. The van der Waals surface area contributed by atoms with Crippen LogP contribution in [0.5, 0.6) is 0 Å². The third kappa shape index (κ3) is 5.39. The molecule has 5 nitrogen and oxygen atoms in total. The van der Waals surface area contributed by atoms with Crippen molar-refractivity contribution in [3.8, 4) is 0 Å². The van der Waals surface area contributed by atoms with E-state index in [0.717, 1.165) is 31.9 Å². The van der Waals surface area contributed by atoms with Crippen LogP contribution in [0, 0.1) is 0 Å². The van der Waals surface area contributed by atoms with Crippen molar-refractivity contribution >= 4 is 11.5 Å². The van der Waals surface area contributed by atoms with Crippen molar-refractivity contribution in [2.24, 2.45) is 0 Å². The van der Waals surface area contributed by atoms with Gasteiger partial charge in [-0.05, 0) is 24.4 Å². The van der Waals surface area contributed by atoms with Crippen molar-refractivity contribution in [1.29, 1.82) is 0 Å². The van der Waals surface area contributed by atoms with Gasteiger partial charge in [0.2, 0.25) is 0 Å². The van der Waals surface area contributed by atoms with Crippen molar-refractivity contribution in [2.45, 2.75) is 39.3 Å². The van der Waals surface area contributed by atoms with E-state index in [0.29, 0.717) is 12.0 Å². The van der Waals surface area contributed by atoms with Crippen LogP contribution >= 0.6 is 11.5 Å². The summed E-state index contributed by atoms with van der Waals surface area (Å²) >= 11 is 1.49. The number of hydrogen-bond acceptors (Lipinski definition) is 6. The molecule has 1 unspecified atom stereocenters. The average Bonchev–Trinajstić information content (AvgIpc) is 2.80. The first kappa shape index (κ1) is 15.5. The largest absolute Gasteiger partial charge is 0.383 e. The van der Waals surface area contributed by atoms with Crippen LogP contribution < -0.4 is 10.6 Å². The van der Waals surface area contributed by atoms with E-state index in [1.54, 1.807) is 7.11 Å². The Balaban J connectivity index is 2.25. The normalized spacial score (nSPS) is 13.2. The Bertz CT molecular complexity index is 330. The smallest absolute Gasteiger partial charge is 0.0826 e. The van der Waals surface area contributed by atoms with Crippen molar-refractivity contribution < 1.29 is 4.74 Å². The molecule has 6 heteroatoms. The summed E-state index contributed by atoms with van der Waals surface area (Å²) in [5.41, 5.74) is 1.12. The van der Waals surface area contributed by atoms with E-state index < -0.39 is 0 Å². The number of rotatable bonds is 9. The van der Waals surface area contributed by atoms with Crippen molar-refractivity contribution in [1.82, 2.24) is 20.2 Å². The lowest BCUT2D eigenvalue weighted by Gasteiger charge is -2.14. The molecule has 0 fully saturated rings. The molecule has 0 aliphatic rings. The Morgan fingerprint density at radius 1 is 1.33 bits per heavy atom. The fourth-order valence-corrected chi connectivity index (χ4v) is 2.35. The van der Waals surface area contributed by atoms with Crippen LogP contribution in [-0.2, 0) is 11.3 Å². The van der Waals surface area contributed by atoms with Gasteiger partial charge in [0.1, 0.15) is 0 Å². The van der Waals surface area contributed by atoms with Gasteiger partial charge in [0.25, 0.3) is 0 Å². The molecule has 0 radical (unpaired) electrons. The topological polar surface area (TPSA) is 59.1 Å². The number of ether oxygens (including phenoxy) is 1. The molecule has 104 valence electrons. The molecular weight excluding hydrogens is 248 g/mol. The highest BCUT2D eigenvalue weighted by Gasteiger charge is 2.12. The van der Waals surface area contributed by atoms with Crippen LogP contribution in [-0.4, -0.2) is 42.4 Å². The molecule has 0 spiro atoms. The molecule has 1 aromatic heterocycles. The predicted molar refractivity (Wildman–Crippen MR) is 75.0 cm³/mol. The Hall–Kier alpha value is -0.560. The third-order valence-corrected chi connectivity index (χ3v) is 3.41. The van der Waals surface area contributed by atoms with E-state index in [1.807, 2.05) is 0 Å². The van der Waals surface area contributed by atoms with E-state index >= 15 is 0 Å². The maximum atomic E-state index is 4.99. The number of methoxy groups -OCH3 is 1. The summed E-state index contributed by atoms with van der Waals surface area (Å²) in [5.74, 6) is 0.440. The van der Waals surface area contributed by atoms with Gasteiger partial charge >= 0.3 is 0 Å². The van der Waals surface area contributed by atoms with E-state index in [9.17, 15) is 0 Å². The first-order chi connectivity index (χ1) is 8.65. The van der Waals surface area contributed by atoms with E-state index in [1.165, 1.54) is 16.4 Å². The highest BCUT2D eigenvalue weighted by Crippen LogP contribution is 2.19. The number of nitrogens with zero attached hydrogens (tertiary/aromatic N) is 2. The fraction of sp³-hybridized carbons (Fsp3) is 0.833. The molecule has 0 aliphatic carbocycles. The van der Waals surface area contributed by atoms with Crippen LogP contribution in [0.25, 0.3) is 0 Å². The van der Waals surface area contributed by atoms with Crippen LogP contribution in [0.1, 0.15) is 37.3 Å². The van der Waals surface area contributed by atoms with Gasteiger partial charge in [-0.1, -0.05) is 18.3 Å². The number of hydrogen-bond donors (Lipinski definition) is 2. The van der Waals surface area contributed by atoms with E-state index in [4.69, 9.17) is 4.74 Å². The summed E-state index contributed by atoms with van der Waals surface area (Å²) in [6, 6.07) is 0.420. The Labute approximate surface area is 113 Å². The van der Waals surface area contributed by atoms with Gasteiger partial charge in [-0.25, -0.2) is 0 Å². The van der Waals surface area contributed by atoms with Crippen LogP contribution in [0.2, 0.25) is 0 Å². The molecule has 1 atom stereocenters. The average molecular weight is 272 g/mol. The van der Waals surface area contributed by atoms with Gasteiger partial charge in [-0.2, -0.15) is 0 Å². The molecule has 0 bridgehead atoms. The second kappa shape index (κ2) is 8.53. The van der Waals surface area contributed by atoms with Crippen LogP contribution in [0.15, 0.2) is 0 Å². The molecule has 0 saturated heterocycles. The summed E-state index contributed by atoms with van der Waals surface area (Å²) in [4.78, 5) is 1.24. The second-order valence-electron chi connectivity index (χ2n) is 4.71. The van der Waals surface area contributed by atoms with Gasteiger partial charge in [0.05, 0.1) is 17.2 Å². The molecular formula is C12H24N4OS. The summed E-state index contributed by atoms with van der Waals surface area (Å²) in [7, 11) is 1.72. The minimum Gasteiger partial charge on any atom is -0.383 e. The molecule has 1 rings (SSSR count). The summed E-state index contributed by atoms with van der Waals surface area (Å²) in [6.45, 7) is 9.89. The minimum absolute atomic E-state index is 0.420. The Morgan fingerprint density at radius 2 is 2.11 bits per heavy atom. The first-order valence-corrected chi connectivity index (χ1v) is 7.16. The lowest BCUT2D eigenvalue weighted by atomic mass is 10.1. The molecule has 1 heterocycles. The van der Waals surface area contributed by atoms with Crippen molar-refractivity contribution in [3.05, 3.63) is 10.6 Å². The fourth-order valence-electron chi connectivity index (χ4n) is 1.61. The molecule has 0 aliphatic heterocycles. The molecule has 0 saturated carbocycles. The van der Waals surface area contributed by atoms with E-state index in [-0.39, 0.29) is 0 Å². The van der Waals surface area contributed by atoms with Crippen molar-refractivity contribution in [3.63, 3.8) is 0 Å². The third-order valence-electron chi connectivity index (χ3n) is 2.68. The van der Waals surface area contributed by atoms with Gasteiger partial charge in [-0.15, -0.1) is 5.10 Å². The molecule has 18 heavy (non-hydrogen) atoms. The Morgan fingerprint density at radius 3 is 2.78 bits per heavy atom. The molecule has 2 N–H and O–H groups in total. The van der Waals surface area contributed by atoms with Gasteiger partial charge in [0, 0.05) is 32.8 Å². The Kier molecular flexibility index (Phi) is 7.34. The van der Waals surface area contributed by atoms with Crippen LogP contribution in [0.3, 0.4) is 0 Å². The van der Waals surface area contributed by atoms with Crippen molar-refractivity contribution in [2.75, 3.05) is 26.8 Å².